The number of hydrogen-bond acceptors (Lipinski definition) is 6. The average molecular weight is 542 g/mol. The largest absolute Gasteiger partial charge is 0.483 e. The van der Waals surface area contributed by atoms with Crippen molar-refractivity contribution in [3.63, 3.8) is 0 Å². The highest BCUT2D eigenvalue weighted by molar-refractivity contribution is 9.11. The van der Waals surface area contributed by atoms with Gasteiger partial charge in [-0.25, -0.2) is 4.39 Å². The van der Waals surface area contributed by atoms with Crippen molar-refractivity contribution in [1.82, 2.24) is 20.8 Å². The fraction of sp³-hybridized carbons (Fsp3) is 0.158. The van der Waals surface area contributed by atoms with Crippen molar-refractivity contribution in [2.24, 2.45) is 0 Å². The summed E-state index contributed by atoms with van der Waals surface area (Å²) in [7, 11) is 0. The molecule has 0 spiro atoms. The SMILES string of the molecule is O=C(COc1ccc(Br)cc1Br)NCCNC(=O)c1nc(-c2ccc(F)cc2)no1. The Kier molecular flexibility index (Phi) is 7.52. The molecule has 2 aromatic carbocycles. The molecule has 0 bridgehead atoms. The van der Waals surface area contributed by atoms with E-state index in [4.69, 9.17) is 9.26 Å². The third-order valence-electron chi connectivity index (χ3n) is 3.71. The fourth-order valence-electron chi connectivity index (χ4n) is 2.27. The number of benzene rings is 2. The summed E-state index contributed by atoms with van der Waals surface area (Å²) in [6.07, 6.45) is 0. The molecule has 1 heterocycles. The van der Waals surface area contributed by atoms with Gasteiger partial charge in [-0.3, -0.25) is 9.59 Å². The Morgan fingerprint density at radius 2 is 1.80 bits per heavy atom. The smallest absolute Gasteiger partial charge is 0.316 e. The van der Waals surface area contributed by atoms with E-state index >= 15 is 0 Å². The first kappa shape index (κ1) is 21.9. The summed E-state index contributed by atoms with van der Waals surface area (Å²) in [5.41, 5.74) is 0.517. The van der Waals surface area contributed by atoms with E-state index in [-0.39, 0.29) is 37.3 Å². The summed E-state index contributed by atoms with van der Waals surface area (Å²) in [5, 5.41) is 8.87. The third kappa shape index (κ3) is 6.10. The molecule has 0 aliphatic rings. The third-order valence-corrected chi connectivity index (χ3v) is 4.82. The number of amides is 2. The molecular weight excluding hydrogens is 527 g/mol. The number of nitrogens with zero attached hydrogens (tertiary/aromatic N) is 2. The predicted octanol–water partition coefficient (Wildman–Crippen LogP) is 3.33. The standard InChI is InChI=1S/C19H15Br2FN4O4/c20-12-3-6-15(14(21)9-12)29-10-16(27)23-7-8-24-18(28)19-25-17(26-30-19)11-1-4-13(22)5-2-11/h1-6,9H,7-8,10H2,(H,23,27)(H,24,28). The molecule has 156 valence electrons. The lowest BCUT2D eigenvalue weighted by molar-refractivity contribution is -0.123. The van der Waals surface area contributed by atoms with E-state index < -0.39 is 11.7 Å². The van der Waals surface area contributed by atoms with Gasteiger partial charge in [-0.2, -0.15) is 4.98 Å². The van der Waals surface area contributed by atoms with Crippen molar-refractivity contribution in [2.75, 3.05) is 19.7 Å². The number of carbonyl (C=O) groups excluding carboxylic acids is 2. The number of nitrogens with one attached hydrogen (secondary N) is 2. The highest BCUT2D eigenvalue weighted by atomic mass is 79.9. The number of hydrogen-bond donors (Lipinski definition) is 2. The second-order valence-electron chi connectivity index (χ2n) is 5.90. The van der Waals surface area contributed by atoms with Gasteiger partial charge in [-0.05, 0) is 58.4 Å². The van der Waals surface area contributed by atoms with Gasteiger partial charge in [0.2, 0.25) is 5.82 Å². The molecule has 0 unspecified atom stereocenters. The molecule has 0 fully saturated rings. The van der Waals surface area contributed by atoms with E-state index in [0.29, 0.717) is 11.3 Å². The normalized spacial score (nSPS) is 10.5. The second kappa shape index (κ2) is 10.3. The van der Waals surface area contributed by atoms with E-state index in [9.17, 15) is 14.0 Å². The molecule has 0 saturated carbocycles. The maximum atomic E-state index is 13.0. The van der Waals surface area contributed by atoms with Crippen LogP contribution in [0.2, 0.25) is 0 Å². The lowest BCUT2D eigenvalue weighted by Gasteiger charge is -2.09. The lowest BCUT2D eigenvalue weighted by Crippen LogP contribution is -2.36. The Morgan fingerprint density at radius 3 is 2.53 bits per heavy atom. The molecule has 0 atom stereocenters. The van der Waals surface area contributed by atoms with Gasteiger partial charge in [0.1, 0.15) is 11.6 Å². The summed E-state index contributed by atoms with van der Waals surface area (Å²) in [6.45, 7) is 0.175. The summed E-state index contributed by atoms with van der Waals surface area (Å²) < 4.78 is 24.9. The van der Waals surface area contributed by atoms with E-state index in [0.717, 1.165) is 8.95 Å². The van der Waals surface area contributed by atoms with Gasteiger partial charge in [-0.1, -0.05) is 21.1 Å². The summed E-state index contributed by atoms with van der Waals surface area (Å²) in [4.78, 5) is 27.9. The van der Waals surface area contributed by atoms with Crippen LogP contribution in [-0.2, 0) is 4.79 Å². The van der Waals surface area contributed by atoms with E-state index in [1.54, 1.807) is 12.1 Å². The zero-order chi connectivity index (χ0) is 21.5. The van der Waals surface area contributed by atoms with Gasteiger partial charge in [0, 0.05) is 23.1 Å². The second-order valence-corrected chi connectivity index (χ2v) is 7.67. The van der Waals surface area contributed by atoms with Crippen LogP contribution in [0.4, 0.5) is 4.39 Å². The highest BCUT2D eigenvalue weighted by Crippen LogP contribution is 2.28. The van der Waals surface area contributed by atoms with Crippen molar-refractivity contribution in [3.05, 3.63) is 63.1 Å². The Bertz CT molecular complexity index is 1040. The Morgan fingerprint density at radius 1 is 1.07 bits per heavy atom. The van der Waals surface area contributed by atoms with Crippen molar-refractivity contribution < 1.29 is 23.2 Å². The van der Waals surface area contributed by atoms with Crippen molar-refractivity contribution in [3.8, 4) is 17.1 Å². The average Bonchev–Trinajstić information content (AvgIpc) is 3.21. The maximum absolute atomic E-state index is 13.0. The van der Waals surface area contributed by atoms with Gasteiger partial charge in [0.25, 0.3) is 5.91 Å². The monoisotopic (exact) mass is 540 g/mol. The van der Waals surface area contributed by atoms with Crippen LogP contribution in [0.1, 0.15) is 10.7 Å². The number of rotatable bonds is 8. The van der Waals surface area contributed by atoms with Crippen LogP contribution in [0.15, 0.2) is 55.9 Å². The minimum absolute atomic E-state index is 0.154. The predicted molar refractivity (Wildman–Crippen MR) is 112 cm³/mol. The van der Waals surface area contributed by atoms with Gasteiger partial charge in [-0.15, -0.1) is 0 Å². The van der Waals surface area contributed by atoms with Crippen LogP contribution >= 0.6 is 31.9 Å². The van der Waals surface area contributed by atoms with Crippen LogP contribution < -0.4 is 15.4 Å². The summed E-state index contributed by atoms with van der Waals surface area (Å²) >= 11 is 6.68. The van der Waals surface area contributed by atoms with Gasteiger partial charge in [0.05, 0.1) is 4.47 Å². The molecule has 8 nitrogen and oxygen atoms in total. The molecule has 30 heavy (non-hydrogen) atoms. The zero-order valence-electron chi connectivity index (χ0n) is 15.3. The fourth-order valence-corrected chi connectivity index (χ4v) is 3.43. The van der Waals surface area contributed by atoms with E-state index in [2.05, 4.69) is 52.6 Å². The maximum Gasteiger partial charge on any atom is 0.316 e. The van der Waals surface area contributed by atoms with Crippen LogP contribution in [-0.4, -0.2) is 41.7 Å². The molecular formula is C19H15Br2FN4O4. The minimum atomic E-state index is -0.583. The van der Waals surface area contributed by atoms with Gasteiger partial charge >= 0.3 is 11.8 Å². The van der Waals surface area contributed by atoms with Crippen LogP contribution in [0, 0.1) is 5.82 Å². The Labute approximate surface area is 187 Å². The molecule has 0 saturated heterocycles. The molecule has 3 aromatic rings. The van der Waals surface area contributed by atoms with E-state index in [1.807, 2.05) is 6.07 Å². The first-order chi connectivity index (χ1) is 14.4. The number of carbonyl (C=O) groups is 2. The quantitative estimate of drug-likeness (QED) is 0.424. The highest BCUT2D eigenvalue weighted by Gasteiger charge is 2.16. The van der Waals surface area contributed by atoms with Crippen LogP contribution in [0.25, 0.3) is 11.4 Å². The van der Waals surface area contributed by atoms with Crippen molar-refractivity contribution in [2.45, 2.75) is 0 Å². The molecule has 0 radical (unpaired) electrons. The number of ether oxygens (including phenoxy) is 1. The number of aromatic nitrogens is 2. The zero-order valence-corrected chi connectivity index (χ0v) is 18.5. The van der Waals surface area contributed by atoms with Gasteiger partial charge in [0.15, 0.2) is 6.61 Å². The van der Waals surface area contributed by atoms with Crippen molar-refractivity contribution >= 4 is 43.7 Å². The molecule has 11 heteroatoms. The molecule has 0 aliphatic heterocycles. The van der Waals surface area contributed by atoms with Gasteiger partial charge < -0.3 is 19.9 Å². The Balaban J connectivity index is 1.39. The topological polar surface area (TPSA) is 106 Å². The Hall–Kier alpha value is -2.79. The van der Waals surface area contributed by atoms with Crippen LogP contribution in [0.5, 0.6) is 5.75 Å². The first-order valence-electron chi connectivity index (χ1n) is 8.65. The molecule has 0 aliphatic carbocycles. The van der Waals surface area contributed by atoms with Crippen LogP contribution in [0.3, 0.4) is 0 Å². The summed E-state index contributed by atoms with van der Waals surface area (Å²) in [6, 6.07) is 10.8. The van der Waals surface area contributed by atoms with Crippen molar-refractivity contribution in [1.29, 1.82) is 0 Å². The first-order valence-corrected chi connectivity index (χ1v) is 10.2. The number of halogens is 3. The summed E-state index contributed by atoms with van der Waals surface area (Å²) in [5.74, 6) is -0.837. The van der Waals surface area contributed by atoms with E-state index in [1.165, 1.54) is 24.3 Å². The molecule has 3 rings (SSSR count). The molecule has 1 aromatic heterocycles. The lowest BCUT2D eigenvalue weighted by atomic mass is 10.2. The molecule has 2 amide bonds. The molecule has 2 N–H and O–H groups in total. The minimum Gasteiger partial charge on any atom is -0.483 e.